The minimum absolute atomic E-state index is 0.117. The number of aromatic nitrogens is 2. The lowest BCUT2D eigenvalue weighted by atomic mass is 10.2. The quantitative estimate of drug-likeness (QED) is 0.667. The van der Waals surface area contributed by atoms with Gasteiger partial charge >= 0.3 is 0 Å². The van der Waals surface area contributed by atoms with Crippen LogP contribution in [0, 0.1) is 6.92 Å². The second kappa shape index (κ2) is 5.44. The van der Waals surface area contributed by atoms with Crippen molar-refractivity contribution in [2.24, 2.45) is 0 Å². The van der Waals surface area contributed by atoms with Crippen molar-refractivity contribution in [3.05, 3.63) is 35.7 Å². The zero-order chi connectivity index (χ0) is 15.6. The number of carbonyl (C=O) groups is 1. The maximum Gasteiger partial charge on any atom is 0.278 e. The predicted molar refractivity (Wildman–Crippen MR) is 80.6 cm³/mol. The predicted octanol–water partition coefficient (Wildman–Crippen LogP) is 0.924. The molecule has 0 saturated carbocycles. The summed E-state index contributed by atoms with van der Waals surface area (Å²) >= 11 is 0. The Kier molecular flexibility index (Phi) is 3.85. The fraction of sp³-hybridized carbons (Fsp3) is 0.167. The van der Waals surface area contributed by atoms with Crippen LogP contribution in [0.2, 0.25) is 0 Å². The van der Waals surface area contributed by atoms with E-state index in [1.807, 2.05) is 0 Å². The van der Waals surface area contributed by atoms with E-state index in [9.17, 15) is 13.2 Å². The summed E-state index contributed by atoms with van der Waals surface area (Å²) < 4.78 is 24.5. The summed E-state index contributed by atoms with van der Waals surface area (Å²) in [6.07, 6.45) is 1.06. The molecule has 1 aromatic heterocycles. The molecular weight excluding hydrogens is 294 g/mol. The first kappa shape index (κ1) is 14.9. The Morgan fingerprint density at radius 3 is 2.29 bits per heavy atom. The number of hydrogen-bond donors (Lipinski definition) is 4. The van der Waals surface area contributed by atoms with Crippen LogP contribution in [-0.2, 0) is 10.0 Å². The number of rotatable bonds is 4. The van der Waals surface area contributed by atoms with Crippen molar-refractivity contribution in [3.63, 3.8) is 0 Å². The Balaban J connectivity index is 2.10. The molecule has 9 heteroatoms. The number of H-pyrrole nitrogens is 1. The number of nitrogen functional groups attached to an aromatic ring is 1. The summed E-state index contributed by atoms with van der Waals surface area (Å²) in [5.74, 6) is -0.444. The number of aryl methyl sites for hydroxylation is 1. The maximum atomic E-state index is 12.0. The molecule has 0 unspecified atom stereocenters. The highest BCUT2D eigenvalue weighted by atomic mass is 32.2. The fourth-order valence-electron chi connectivity index (χ4n) is 1.64. The summed E-state index contributed by atoms with van der Waals surface area (Å²) in [5, 5.41) is 9.07. The van der Waals surface area contributed by atoms with Gasteiger partial charge in [-0.2, -0.15) is 5.10 Å². The molecule has 0 radical (unpaired) electrons. The van der Waals surface area contributed by atoms with E-state index in [1.54, 1.807) is 19.1 Å². The average Bonchev–Trinajstić information content (AvgIpc) is 2.71. The third kappa shape index (κ3) is 3.72. The lowest BCUT2D eigenvalue weighted by Crippen LogP contribution is -2.14. The van der Waals surface area contributed by atoms with E-state index >= 15 is 0 Å². The Morgan fingerprint density at radius 1 is 1.24 bits per heavy atom. The van der Waals surface area contributed by atoms with Crippen LogP contribution in [0.15, 0.2) is 24.3 Å². The molecule has 0 bridgehead atoms. The smallest absolute Gasteiger partial charge is 0.278 e. The van der Waals surface area contributed by atoms with Crippen LogP contribution >= 0.6 is 0 Å². The number of carbonyl (C=O) groups excluding carboxylic acids is 1. The number of nitrogens with two attached hydrogens (primary N) is 1. The molecule has 2 aromatic rings. The number of anilines is 3. The van der Waals surface area contributed by atoms with Gasteiger partial charge in [-0.3, -0.25) is 14.6 Å². The third-order valence-corrected chi connectivity index (χ3v) is 3.26. The van der Waals surface area contributed by atoms with Crippen LogP contribution in [0.5, 0.6) is 0 Å². The topological polar surface area (TPSA) is 130 Å². The van der Waals surface area contributed by atoms with Gasteiger partial charge in [-0.15, -0.1) is 0 Å². The van der Waals surface area contributed by atoms with Gasteiger partial charge in [-0.1, -0.05) is 0 Å². The van der Waals surface area contributed by atoms with E-state index in [0.717, 1.165) is 6.26 Å². The summed E-state index contributed by atoms with van der Waals surface area (Å²) in [5.41, 5.74) is 7.66. The highest BCUT2D eigenvalue weighted by molar-refractivity contribution is 7.92. The molecular formula is C12H15N5O3S. The van der Waals surface area contributed by atoms with Crippen molar-refractivity contribution < 1.29 is 13.2 Å². The van der Waals surface area contributed by atoms with Gasteiger partial charge in [-0.05, 0) is 31.2 Å². The van der Waals surface area contributed by atoms with E-state index in [-0.39, 0.29) is 5.69 Å². The summed E-state index contributed by atoms with van der Waals surface area (Å²) in [7, 11) is -3.33. The fourth-order valence-corrected chi connectivity index (χ4v) is 2.20. The SMILES string of the molecule is Cc1[nH]nc(C(=O)Nc2ccc(NS(C)(=O)=O)cc2)c1N. The number of amides is 1. The molecule has 1 heterocycles. The second-order valence-electron chi connectivity index (χ2n) is 4.52. The van der Waals surface area contributed by atoms with Crippen molar-refractivity contribution in [2.45, 2.75) is 6.92 Å². The maximum absolute atomic E-state index is 12.0. The van der Waals surface area contributed by atoms with Crippen LogP contribution in [0.25, 0.3) is 0 Å². The summed E-state index contributed by atoms with van der Waals surface area (Å²) in [6, 6.07) is 6.22. The zero-order valence-electron chi connectivity index (χ0n) is 11.5. The Hall–Kier alpha value is -2.55. The molecule has 0 aliphatic heterocycles. The van der Waals surface area contributed by atoms with Crippen LogP contribution in [0.3, 0.4) is 0 Å². The van der Waals surface area contributed by atoms with Crippen LogP contribution in [0.4, 0.5) is 17.1 Å². The molecule has 8 nitrogen and oxygen atoms in total. The van der Waals surface area contributed by atoms with Crippen LogP contribution in [0.1, 0.15) is 16.2 Å². The van der Waals surface area contributed by atoms with Crippen molar-refractivity contribution >= 4 is 33.0 Å². The molecule has 0 aliphatic rings. The Labute approximate surface area is 121 Å². The average molecular weight is 309 g/mol. The largest absolute Gasteiger partial charge is 0.395 e. The van der Waals surface area contributed by atoms with Gasteiger partial charge in [0.1, 0.15) is 0 Å². The third-order valence-electron chi connectivity index (χ3n) is 2.66. The zero-order valence-corrected chi connectivity index (χ0v) is 12.3. The second-order valence-corrected chi connectivity index (χ2v) is 6.27. The molecule has 5 N–H and O–H groups in total. The number of aromatic amines is 1. The molecule has 0 saturated heterocycles. The molecule has 112 valence electrons. The molecule has 1 amide bonds. The molecule has 0 fully saturated rings. The monoisotopic (exact) mass is 309 g/mol. The lowest BCUT2D eigenvalue weighted by molar-refractivity contribution is 0.102. The molecule has 1 aromatic carbocycles. The Bertz CT molecular complexity index is 765. The molecule has 0 spiro atoms. The number of benzene rings is 1. The van der Waals surface area contributed by atoms with Crippen molar-refractivity contribution in [2.75, 3.05) is 22.0 Å². The number of hydrogen-bond acceptors (Lipinski definition) is 5. The van der Waals surface area contributed by atoms with Crippen molar-refractivity contribution in [1.82, 2.24) is 10.2 Å². The van der Waals surface area contributed by atoms with E-state index in [1.165, 1.54) is 12.1 Å². The van der Waals surface area contributed by atoms with E-state index < -0.39 is 15.9 Å². The van der Waals surface area contributed by atoms with Crippen molar-refractivity contribution in [1.29, 1.82) is 0 Å². The van der Waals surface area contributed by atoms with Gasteiger partial charge in [-0.25, -0.2) is 8.42 Å². The first-order valence-corrected chi connectivity index (χ1v) is 7.85. The standard InChI is InChI=1S/C12H15N5O3S/c1-7-10(13)11(16-15-7)12(18)14-8-3-5-9(6-4-8)17-21(2,19)20/h3-6,17H,13H2,1-2H3,(H,14,18)(H,15,16). The van der Waals surface area contributed by atoms with Gasteiger partial charge in [0.2, 0.25) is 10.0 Å². The number of nitrogens with one attached hydrogen (secondary N) is 3. The lowest BCUT2D eigenvalue weighted by Gasteiger charge is -2.06. The van der Waals surface area contributed by atoms with E-state index in [4.69, 9.17) is 5.73 Å². The van der Waals surface area contributed by atoms with Crippen LogP contribution < -0.4 is 15.8 Å². The van der Waals surface area contributed by atoms with E-state index in [0.29, 0.717) is 22.8 Å². The molecule has 21 heavy (non-hydrogen) atoms. The first-order valence-electron chi connectivity index (χ1n) is 5.96. The minimum Gasteiger partial charge on any atom is -0.395 e. The van der Waals surface area contributed by atoms with Crippen LogP contribution in [-0.4, -0.2) is 30.8 Å². The molecule has 0 aliphatic carbocycles. The first-order chi connectivity index (χ1) is 9.76. The van der Waals surface area contributed by atoms with Gasteiger partial charge in [0.15, 0.2) is 5.69 Å². The molecule has 0 atom stereocenters. The number of nitrogens with zero attached hydrogens (tertiary/aromatic N) is 1. The van der Waals surface area contributed by atoms with E-state index in [2.05, 4.69) is 20.2 Å². The minimum atomic E-state index is -3.33. The summed E-state index contributed by atoms with van der Waals surface area (Å²) in [6.45, 7) is 1.71. The van der Waals surface area contributed by atoms with Gasteiger partial charge in [0.25, 0.3) is 5.91 Å². The Morgan fingerprint density at radius 2 is 1.81 bits per heavy atom. The van der Waals surface area contributed by atoms with Gasteiger partial charge < -0.3 is 11.1 Å². The highest BCUT2D eigenvalue weighted by Crippen LogP contribution is 2.17. The highest BCUT2D eigenvalue weighted by Gasteiger charge is 2.15. The van der Waals surface area contributed by atoms with Crippen molar-refractivity contribution in [3.8, 4) is 0 Å². The van der Waals surface area contributed by atoms with Gasteiger partial charge in [0.05, 0.1) is 17.6 Å². The molecule has 2 rings (SSSR count). The van der Waals surface area contributed by atoms with Gasteiger partial charge in [0, 0.05) is 11.4 Å². The summed E-state index contributed by atoms with van der Waals surface area (Å²) in [4.78, 5) is 12.0. The number of sulfonamides is 1. The normalized spacial score (nSPS) is 11.1.